The van der Waals surface area contributed by atoms with Gasteiger partial charge in [-0.15, -0.1) is 0 Å². The standard InChI is InChI=1S/C13H14O2/c1-3-11-7-8-13(15-11)10-5-4-6-12(9-10)14-2/h4-9H,3H2,1-2H3. The Hall–Kier alpha value is -1.70. The zero-order valence-electron chi connectivity index (χ0n) is 8.99. The fourth-order valence-corrected chi connectivity index (χ4v) is 1.50. The molecule has 1 heterocycles. The molecule has 0 bridgehead atoms. The second-order valence-electron chi connectivity index (χ2n) is 3.35. The molecule has 0 saturated carbocycles. The molecular weight excluding hydrogens is 188 g/mol. The Kier molecular flexibility index (Phi) is 2.77. The van der Waals surface area contributed by atoms with Crippen molar-refractivity contribution >= 4 is 0 Å². The summed E-state index contributed by atoms with van der Waals surface area (Å²) in [4.78, 5) is 0. The van der Waals surface area contributed by atoms with Crippen LogP contribution in [-0.2, 0) is 6.42 Å². The second-order valence-corrected chi connectivity index (χ2v) is 3.35. The van der Waals surface area contributed by atoms with E-state index in [-0.39, 0.29) is 0 Å². The number of hydrogen-bond acceptors (Lipinski definition) is 2. The summed E-state index contributed by atoms with van der Waals surface area (Å²) >= 11 is 0. The van der Waals surface area contributed by atoms with Crippen LogP contribution in [0.3, 0.4) is 0 Å². The van der Waals surface area contributed by atoms with E-state index in [1.54, 1.807) is 7.11 Å². The highest BCUT2D eigenvalue weighted by atomic mass is 16.5. The highest BCUT2D eigenvalue weighted by Gasteiger charge is 2.04. The number of furan rings is 1. The van der Waals surface area contributed by atoms with Crippen LogP contribution in [0.2, 0.25) is 0 Å². The summed E-state index contributed by atoms with van der Waals surface area (Å²) in [6.07, 6.45) is 0.921. The molecular formula is C13H14O2. The minimum absolute atomic E-state index is 0.849. The van der Waals surface area contributed by atoms with Crippen molar-refractivity contribution in [2.24, 2.45) is 0 Å². The van der Waals surface area contributed by atoms with E-state index < -0.39 is 0 Å². The maximum atomic E-state index is 5.66. The molecule has 2 rings (SSSR count). The van der Waals surface area contributed by atoms with Gasteiger partial charge in [0.2, 0.25) is 0 Å². The minimum Gasteiger partial charge on any atom is -0.497 e. The van der Waals surface area contributed by atoms with E-state index in [0.29, 0.717) is 0 Å². The van der Waals surface area contributed by atoms with Crippen molar-refractivity contribution in [3.63, 3.8) is 0 Å². The van der Waals surface area contributed by atoms with Crippen LogP contribution in [-0.4, -0.2) is 7.11 Å². The number of methoxy groups -OCH3 is 1. The third kappa shape index (κ3) is 2.04. The molecule has 0 amide bonds. The van der Waals surface area contributed by atoms with E-state index in [4.69, 9.17) is 9.15 Å². The van der Waals surface area contributed by atoms with Crippen molar-refractivity contribution in [3.05, 3.63) is 42.2 Å². The second kappa shape index (κ2) is 4.22. The first kappa shape index (κ1) is 9.84. The number of benzene rings is 1. The number of rotatable bonds is 3. The predicted octanol–water partition coefficient (Wildman–Crippen LogP) is 3.52. The molecule has 0 fully saturated rings. The molecule has 0 aliphatic heterocycles. The topological polar surface area (TPSA) is 22.4 Å². The summed E-state index contributed by atoms with van der Waals surface area (Å²) in [7, 11) is 1.67. The van der Waals surface area contributed by atoms with E-state index in [2.05, 4.69) is 6.92 Å². The van der Waals surface area contributed by atoms with Crippen LogP contribution in [0.4, 0.5) is 0 Å². The quantitative estimate of drug-likeness (QED) is 0.759. The van der Waals surface area contributed by atoms with Gasteiger partial charge in [-0.2, -0.15) is 0 Å². The summed E-state index contributed by atoms with van der Waals surface area (Å²) in [5, 5.41) is 0. The molecule has 2 aromatic rings. The normalized spacial score (nSPS) is 10.3. The fraction of sp³-hybridized carbons (Fsp3) is 0.231. The Morgan fingerprint density at radius 1 is 1.20 bits per heavy atom. The molecule has 2 heteroatoms. The molecule has 0 aliphatic carbocycles. The molecule has 0 atom stereocenters. The van der Waals surface area contributed by atoms with Crippen LogP contribution in [0.25, 0.3) is 11.3 Å². The average molecular weight is 202 g/mol. The summed E-state index contributed by atoms with van der Waals surface area (Å²) in [5.74, 6) is 2.75. The van der Waals surface area contributed by atoms with Crippen LogP contribution in [0, 0.1) is 0 Å². The lowest BCUT2D eigenvalue weighted by Gasteiger charge is -2.01. The van der Waals surface area contributed by atoms with Gasteiger partial charge in [-0.05, 0) is 24.3 Å². The molecule has 0 saturated heterocycles. The third-order valence-corrected chi connectivity index (χ3v) is 2.36. The summed E-state index contributed by atoms with van der Waals surface area (Å²) in [6.45, 7) is 2.08. The van der Waals surface area contributed by atoms with Gasteiger partial charge in [0.25, 0.3) is 0 Å². The van der Waals surface area contributed by atoms with E-state index in [1.165, 1.54) is 0 Å². The van der Waals surface area contributed by atoms with Crippen molar-refractivity contribution in [1.82, 2.24) is 0 Å². The van der Waals surface area contributed by atoms with Gasteiger partial charge in [0.05, 0.1) is 7.11 Å². The van der Waals surface area contributed by atoms with Gasteiger partial charge >= 0.3 is 0 Å². The van der Waals surface area contributed by atoms with Crippen LogP contribution in [0.5, 0.6) is 5.75 Å². The first-order chi connectivity index (χ1) is 7.33. The van der Waals surface area contributed by atoms with E-state index >= 15 is 0 Å². The molecule has 0 radical (unpaired) electrons. The predicted molar refractivity (Wildman–Crippen MR) is 60.1 cm³/mol. The average Bonchev–Trinajstić information content (AvgIpc) is 2.78. The molecule has 0 N–H and O–H groups in total. The number of hydrogen-bond donors (Lipinski definition) is 0. The van der Waals surface area contributed by atoms with E-state index in [9.17, 15) is 0 Å². The van der Waals surface area contributed by atoms with Crippen molar-refractivity contribution in [1.29, 1.82) is 0 Å². The Balaban J connectivity index is 2.35. The smallest absolute Gasteiger partial charge is 0.134 e. The zero-order chi connectivity index (χ0) is 10.7. The van der Waals surface area contributed by atoms with Gasteiger partial charge in [-0.3, -0.25) is 0 Å². The molecule has 1 aromatic carbocycles. The number of aryl methyl sites for hydroxylation is 1. The highest BCUT2D eigenvalue weighted by Crippen LogP contribution is 2.25. The van der Waals surface area contributed by atoms with Gasteiger partial charge in [0.15, 0.2) is 0 Å². The van der Waals surface area contributed by atoms with Crippen LogP contribution in [0.15, 0.2) is 40.8 Å². The molecule has 2 nitrogen and oxygen atoms in total. The van der Waals surface area contributed by atoms with Crippen LogP contribution >= 0.6 is 0 Å². The molecule has 15 heavy (non-hydrogen) atoms. The Morgan fingerprint density at radius 2 is 2.07 bits per heavy atom. The maximum Gasteiger partial charge on any atom is 0.134 e. The van der Waals surface area contributed by atoms with Crippen molar-refractivity contribution in [3.8, 4) is 17.1 Å². The SMILES string of the molecule is CCc1ccc(-c2cccc(OC)c2)o1. The lowest BCUT2D eigenvalue weighted by atomic mass is 10.2. The largest absolute Gasteiger partial charge is 0.497 e. The fourth-order valence-electron chi connectivity index (χ4n) is 1.50. The number of ether oxygens (including phenoxy) is 1. The van der Waals surface area contributed by atoms with Crippen molar-refractivity contribution in [2.75, 3.05) is 7.11 Å². The Labute approximate surface area is 89.5 Å². The summed E-state index contributed by atoms with van der Waals surface area (Å²) in [6, 6.07) is 11.9. The Morgan fingerprint density at radius 3 is 2.73 bits per heavy atom. The Bertz CT molecular complexity index is 443. The third-order valence-electron chi connectivity index (χ3n) is 2.36. The van der Waals surface area contributed by atoms with E-state index in [0.717, 1.165) is 29.3 Å². The molecule has 0 aliphatic rings. The van der Waals surface area contributed by atoms with Crippen LogP contribution < -0.4 is 4.74 Å². The van der Waals surface area contributed by atoms with Crippen LogP contribution in [0.1, 0.15) is 12.7 Å². The summed E-state index contributed by atoms with van der Waals surface area (Å²) in [5.41, 5.74) is 1.05. The summed E-state index contributed by atoms with van der Waals surface area (Å²) < 4.78 is 10.8. The first-order valence-corrected chi connectivity index (χ1v) is 5.06. The van der Waals surface area contributed by atoms with Crippen molar-refractivity contribution in [2.45, 2.75) is 13.3 Å². The molecule has 0 spiro atoms. The van der Waals surface area contributed by atoms with Gasteiger partial charge in [0.1, 0.15) is 17.3 Å². The highest BCUT2D eigenvalue weighted by molar-refractivity contribution is 5.59. The van der Waals surface area contributed by atoms with E-state index in [1.807, 2.05) is 36.4 Å². The first-order valence-electron chi connectivity index (χ1n) is 5.06. The lowest BCUT2D eigenvalue weighted by Crippen LogP contribution is -1.82. The van der Waals surface area contributed by atoms with Gasteiger partial charge in [0, 0.05) is 12.0 Å². The minimum atomic E-state index is 0.849. The lowest BCUT2D eigenvalue weighted by molar-refractivity contribution is 0.414. The molecule has 1 aromatic heterocycles. The molecule has 78 valence electrons. The zero-order valence-corrected chi connectivity index (χ0v) is 8.99. The van der Waals surface area contributed by atoms with Crippen molar-refractivity contribution < 1.29 is 9.15 Å². The monoisotopic (exact) mass is 202 g/mol. The van der Waals surface area contributed by atoms with Gasteiger partial charge in [-0.25, -0.2) is 0 Å². The van der Waals surface area contributed by atoms with Gasteiger partial charge < -0.3 is 9.15 Å². The maximum absolute atomic E-state index is 5.66. The van der Waals surface area contributed by atoms with Gasteiger partial charge in [-0.1, -0.05) is 19.1 Å². The molecule has 0 unspecified atom stereocenters.